The molecule has 2 aromatic rings. The molecule has 3 rings (SSSR count). The largest absolute Gasteiger partial charge is 0.497 e. The summed E-state index contributed by atoms with van der Waals surface area (Å²) in [7, 11) is 3.53. The van der Waals surface area contributed by atoms with E-state index in [0.717, 1.165) is 55.0 Å². The fraction of sp³-hybridized carbons (Fsp3) is 0.545. The van der Waals surface area contributed by atoms with Crippen LogP contribution in [0.15, 0.2) is 34.6 Å². The molecule has 1 unspecified atom stereocenters. The van der Waals surface area contributed by atoms with Crippen molar-refractivity contribution in [3.8, 4) is 5.75 Å². The van der Waals surface area contributed by atoms with Crippen LogP contribution in [0.25, 0.3) is 0 Å². The number of rotatable bonds is 8. The third kappa shape index (κ3) is 7.39. The first-order valence-electron chi connectivity index (χ1n) is 10.4. The van der Waals surface area contributed by atoms with Crippen molar-refractivity contribution in [3.63, 3.8) is 0 Å². The lowest BCUT2D eigenvalue weighted by molar-refractivity contribution is 0.164. The summed E-state index contributed by atoms with van der Waals surface area (Å²) in [6.45, 7) is 5.98. The van der Waals surface area contributed by atoms with Gasteiger partial charge < -0.3 is 15.4 Å². The lowest BCUT2D eigenvalue weighted by atomic mass is 10.0. The summed E-state index contributed by atoms with van der Waals surface area (Å²) in [5.41, 5.74) is 2.45. The van der Waals surface area contributed by atoms with Gasteiger partial charge in [-0.1, -0.05) is 18.6 Å². The molecule has 8 heteroatoms. The Hall–Kier alpha value is -1.39. The maximum Gasteiger partial charge on any atom is 0.191 e. The Bertz CT molecular complexity index is 774. The van der Waals surface area contributed by atoms with Crippen molar-refractivity contribution in [2.24, 2.45) is 4.99 Å². The van der Waals surface area contributed by atoms with E-state index in [9.17, 15) is 0 Å². The molecular weight excluding hydrogens is 509 g/mol. The first-order chi connectivity index (χ1) is 14.2. The van der Waals surface area contributed by atoms with Gasteiger partial charge in [0.15, 0.2) is 5.96 Å². The average Bonchev–Trinajstić information content (AvgIpc) is 3.18. The summed E-state index contributed by atoms with van der Waals surface area (Å²) in [5, 5.41) is 10.2. The highest BCUT2D eigenvalue weighted by Crippen LogP contribution is 2.25. The molecule has 1 aromatic carbocycles. The molecule has 2 heterocycles. The van der Waals surface area contributed by atoms with E-state index in [0.29, 0.717) is 6.04 Å². The van der Waals surface area contributed by atoms with Crippen LogP contribution in [-0.2, 0) is 6.42 Å². The van der Waals surface area contributed by atoms with Gasteiger partial charge in [0.2, 0.25) is 0 Å². The number of hydrogen-bond acceptors (Lipinski definition) is 5. The van der Waals surface area contributed by atoms with Crippen molar-refractivity contribution in [1.82, 2.24) is 20.5 Å². The number of benzene rings is 1. The van der Waals surface area contributed by atoms with E-state index in [-0.39, 0.29) is 24.0 Å². The smallest absolute Gasteiger partial charge is 0.191 e. The predicted octanol–water partition coefficient (Wildman–Crippen LogP) is 4.01. The number of nitrogens with zero attached hydrogens (tertiary/aromatic N) is 3. The summed E-state index contributed by atoms with van der Waals surface area (Å²) >= 11 is 1.70. The van der Waals surface area contributed by atoms with E-state index in [2.05, 4.69) is 55.2 Å². The van der Waals surface area contributed by atoms with Crippen molar-refractivity contribution in [2.75, 3.05) is 40.3 Å². The van der Waals surface area contributed by atoms with Gasteiger partial charge in [-0.2, -0.15) is 0 Å². The molecule has 1 saturated heterocycles. The number of guanidine groups is 1. The number of aliphatic imine (C=N–C) groups is 1. The predicted molar refractivity (Wildman–Crippen MR) is 136 cm³/mol. The molecule has 30 heavy (non-hydrogen) atoms. The van der Waals surface area contributed by atoms with Crippen LogP contribution in [0.2, 0.25) is 0 Å². The van der Waals surface area contributed by atoms with E-state index in [1.54, 1.807) is 18.4 Å². The highest BCUT2D eigenvalue weighted by atomic mass is 127. The van der Waals surface area contributed by atoms with Crippen molar-refractivity contribution in [1.29, 1.82) is 0 Å². The fourth-order valence-electron chi connectivity index (χ4n) is 3.76. The molecule has 0 saturated carbocycles. The van der Waals surface area contributed by atoms with Gasteiger partial charge in [0.25, 0.3) is 0 Å². The Morgan fingerprint density at radius 1 is 1.20 bits per heavy atom. The molecule has 0 spiro atoms. The van der Waals surface area contributed by atoms with Crippen LogP contribution < -0.4 is 15.4 Å². The number of piperidine rings is 1. The van der Waals surface area contributed by atoms with Crippen LogP contribution in [-0.4, -0.2) is 56.2 Å². The zero-order valence-electron chi connectivity index (χ0n) is 18.2. The summed E-state index contributed by atoms with van der Waals surface area (Å²) in [4.78, 5) is 11.5. The van der Waals surface area contributed by atoms with Crippen molar-refractivity contribution in [3.05, 3.63) is 45.9 Å². The Labute approximate surface area is 201 Å². The minimum Gasteiger partial charge on any atom is -0.497 e. The zero-order valence-corrected chi connectivity index (χ0v) is 21.3. The maximum atomic E-state index is 5.33. The van der Waals surface area contributed by atoms with Gasteiger partial charge >= 0.3 is 0 Å². The lowest BCUT2D eigenvalue weighted by Gasteiger charge is -2.35. The molecule has 0 aliphatic carbocycles. The topological polar surface area (TPSA) is 61.8 Å². The quantitative estimate of drug-likeness (QED) is 0.300. The molecule has 0 bridgehead atoms. The molecule has 1 fully saturated rings. The number of nitrogens with one attached hydrogen (secondary N) is 2. The van der Waals surface area contributed by atoms with Gasteiger partial charge in [0.05, 0.1) is 23.9 Å². The molecule has 0 amide bonds. The molecule has 2 N–H and O–H groups in total. The first-order valence-corrected chi connectivity index (χ1v) is 11.3. The molecular formula is C22H34IN5OS. The minimum atomic E-state index is 0. The summed E-state index contributed by atoms with van der Waals surface area (Å²) in [5.74, 6) is 1.74. The molecule has 0 radical (unpaired) electrons. The molecule has 166 valence electrons. The van der Waals surface area contributed by atoms with E-state index in [1.807, 2.05) is 14.0 Å². The number of halogens is 1. The number of thiazole rings is 1. The normalized spacial score (nSPS) is 15.9. The second-order valence-corrected chi connectivity index (χ2v) is 8.44. The zero-order chi connectivity index (χ0) is 20.5. The van der Waals surface area contributed by atoms with Gasteiger partial charge in [-0.15, -0.1) is 35.3 Å². The van der Waals surface area contributed by atoms with Crippen molar-refractivity contribution >= 4 is 41.3 Å². The van der Waals surface area contributed by atoms with Crippen molar-refractivity contribution < 1.29 is 4.74 Å². The van der Waals surface area contributed by atoms with E-state index in [4.69, 9.17) is 4.74 Å². The molecule has 1 aliphatic rings. The third-order valence-electron chi connectivity index (χ3n) is 5.36. The SMILES string of the molecule is CN=C(NCCc1csc(C)n1)NCC(c1ccc(OC)cc1)N1CCCCC1.I. The first kappa shape index (κ1) is 24.9. The number of hydrogen-bond donors (Lipinski definition) is 2. The molecule has 1 aliphatic heterocycles. The van der Waals surface area contributed by atoms with E-state index < -0.39 is 0 Å². The summed E-state index contributed by atoms with van der Waals surface area (Å²) in [6, 6.07) is 8.78. The van der Waals surface area contributed by atoms with Gasteiger partial charge in [-0.3, -0.25) is 9.89 Å². The molecule has 1 atom stereocenters. The average molecular weight is 544 g/mol. The number of aromatic nitrogens is 1. The standard InChI is InChI=1S/C22H33N5OS.HI/c1-17-26-19(16-29-17)11-12-24-22(23-2)25-15-21(27-13-5-4-6-14-27)18-7-9-20(28-3)10-8-18;/h7-10,16,21H,4-6,11-15H2,1-3H3,(H2,23,24,25);1H. The van der Waals surface area contributed by atoms with Crippen LogP contribution in [0, 0.1) is 6.92 Å². The van der Waals surface area contributed by atoms with Crippen LogP contribution in [0.4, 0.5) is 0 Å². The van der Waals surface area contributed by atoms with Crippen LogP contribution in [0.3, 0.4) is 0 Å². The number of ether oxygens (including phenoxy) is 1. The van der Waals surface area contributed by atoms with Gasteiger partial charge in [0, 0.05) is 31.9 Å². The van der Waals surface area contributed by atoms with E-state index >= 15 is 0 Å². The fourth-order valence-corrected chi connectivity index (χ4v) is 4.41. The van der Waals surface area contributed by atoms with Gasteiger partial charge in [-0.25, -0.2) is 4.98 Å². The number of methoxy groups -OCH3 is 1. The van der Waals surface area contributed by atoms with Crippen LogP contribution in [0.5, 0.6) is 5.75 Å². The Morgan fingerprint density at radius 3 is 2.53 bits per heavy atom. The monoisotopic (exact) mass is 543 g/mol. The van der Waals surface area contributed by atoms with Crippen molar-refractivity contribution in [2.45, 2.75) is 38.6 Å². The van der Waals surface area contributed by atoms with Crippen LogP contribution in [0.1, 0.15) is 41.6 Å². The lowest BCUT2D eigenvalue weighted by Crippen LogP contribution is -2.44. The third-order valence-corrected chi connectivity index (χ3v) is 6.18. The second kappa shape index (κ2) is 13.1. The number of likely N-dealkylation sites (tertiary alicyclic amines) is 1. The highest BCUT2D eigenvalue weighted by molar-refractivity contribution is 14.0. The Kier molecular flexibility index (Phi) is 10.9. The minimum absolute atomic E-state index is 0. The molecule has 6 nitrogen and oxygen atoms in total. The Balaban J connectivity index is 0.00000320. The second-order valence-electron chi connectivity index (χ2n) is 7.37. The van der Waals surface area contributed by atoms with Crippen LogP contribution >= 0.6 is 35.3 Å². The summed E-state index contributed by atoms with van der Waals surface area (Å²) in [6.07, 6.45) is 4.77. The van der Waals surface area contributed by atoms with Gasteiger partial charge in [0.1, 0.15) is 5.75 Å². The van der Waals surface area contributed by atoms with E-state index in [1.165, 1.54) is 24.8 Å². The summed E-state index contributed by atoms with van der Waals surface area (Å²) < 4.78 is 5.33. The highest BCUT2D eigenvalue weighted by Gasteiger charge is 2.22. The maximum absolute atomic E-state index is 5.33. The van der Waals surface area contributed by atoms with Gasteiger partial charge in [-0.05, 0) is 50.6 Å². The molecule has 1 aromatic heterocycles. The number of aryl methyl sites for hydroxylation is 1. The Morgan fingerprint density at radius 2 is 1.93 bits per heavy atom.